The quantitative estimate of drug-likeness (QED) is 0.661. The number of amides is 1. The molecular formula is C11H20N2O3. The van der Waals surface area contributed by atoms with Gasteiger partial charge in [0.25, 0.3) is 0 Å². The highest BCUT2D eigenvalue weighted by molar-refractivity contribution is 5.80. The first-order valence-electron chi connectivity index (χ1n) is 5.83. The Morgan fingerprint density at radius 1 is 1.50 bits per heavy atom. The van der Waals surface area contributed by atoms with Gasteiger partial charge in [-0.1, -0.05) is 0 Å². The van der Waals surface area contributed by atoms with Gasteiger partial charge in [-0.3, -0.25) is 4.79 Å². The molecule has 0 aromatic rings. The van der Waals surface area contributed by atoms with Crippen molar-refractivity contribution in [2.45, 2.75) is 31.1 Å². The second-order valence-electron chi connectivity index (χ2n) is 4.91. The number of rotatable bonds is 4. The Morgan fingerprint density at radius 3 is 2.69 bits per heavy atom. The molecule has 1 saturated heterocycles. The first kappa shape index (κ1) is 11.8. The minimum Gasteiger partial charge on any atom is -0.389 e. The normalized spacial score (nSPS) is 34.4. The van der Waals surface area contributed by atoms with E-state index in [9.17, 15) is 9.90 Å². The zero-order chi connectivity index (χ0) is 11.7. The molecule has 2 aliphatic rings. The average molecular weight is 228 g/mol. The van der Waals surface area contributed by atoms with Gasteiger partial charge in [-0.2, -0.15) is 0 Å². The number of ether oxygens (including phenoxy) is 1. The van der Waals surface area contributed by atoms with Crippen LogP contribution in [0.4, 0.5) is 0 Å². The lowest BCUT2D eigenvalue weighted by atomic mass is 10.1. The van der Waals surface area contributed by atoms with E-state index in [-0.39, 0.29) is 24.0 Å². The monoisotopic (exact) mass is 228 g/mol. The third kappa shape index (κ3) is 2.53. The molecule has 1 aliphatic carbocycles. The summed E-state index contributed by atoms with van der Waals surface area (Å²) in [6.07, 6.45) is 1.21. The molecule has 2 N–H and O–H groups in total. The van der Waals surface area contributed by atoms with Crippen LogP contribution in [0.3, 0.4) is 0 Å². The van der Waals surface area contributed by atoms with Crippen molar-refractivity contribution in [3.8, 4) is 0 Å². The zero-order valence-electron chi connectivity index (χ0n) is 9.85. The van der Waals surface area contributed by atoms with E-state index >= 15 is 0 Å². The lowest BCUT2D eigenvalue weighted by Gasteiger charge is -2.22. The number of hydrogen-bond donors (Lipinski definition) is 2. The summed E-state index contributed by atoms with van der Waals surface area (Å²) in [4.78, 5) is 13.4. The standard InChI is InChI=1S/C11H20N2O3/c1-13(2)8-6-16-9(10(8)14)5-12-11(15)7-3-4-7/h7-10,14H,3-6H2,1-2H3,(H,12,15)/t8-,9-,10+/m1/s1. The first-order valence-corrected chi connectivity index (χ1v) is 5.83. The molecule has 0 radical (unpaired) electrons. The third-order valence-electron chi connectivity index (χ3n) is 3.35. The summed E-state index contributed by atoms with van der Waals surface area (Å²) < 4.78 is 5.48. The van der Waals surface area contributed by atoms with Crippen molar-refractivity contribution in [2.75, 3.05) is 27.2 Å². The number of carbonyl (C=O) groups is 1. The smallest absolute Gasteiger partial charge is 0.223 e. The lowest BCUT2D eigenvalue weighted by molar-refractivity contribution is -0.123. The van der Waals surface area contributed by atoms with Gasteiger partial charge in [0.05, 0.1) is 18.8 Å². The van der Waals surface area contributed by atoms with Crippen molar-refractivity contribution >= 4 is 5.91 Å². The van der Waals surface area contributed by atoms with Crippen LogP contribution in [-0.2, 0) is 9.53 Å². The molecule has 1 amide bonds. The molecule has 0 spiro atoms. The Morgan fingerprint density at radius 2 is 2.19 bits per heavy atom. The summed E-state index contributed by atoms with van der Waals surface area (Å²) in [5.41, 5.74) is 0. The van der Waals surface area contributed by atoms with Gasteiger partial charge in [-0.25, -0.2) is 0 Å². The predicted octanol–water partition coefficient (Wildman–Crippen LogP) is -0.797. The predicted molar refractivity (Wildman–Crippen MR) is 59.0 cm³/mol. The molecule has 0 unspecified atom stereocenters. The fourth-order valence-electron chi connectivity index (χ4n) is 1.99. The van der Waals surface area contributed by atoms with Crippen LogP contribution in [0.5, 0.6) is 0 Å². The highest BCUT2D eigenvalue weighted by Gasteiger charge is 2.38. The summed E-state index contributed by atoms with van der Waals surface area (Å²) >= 11 is 0. The third-order valence-corrected chi connectivity index (χ3v) is 3.35. The second kappa shape index (κ2) is 4.69. The molecular weight excluding hydrogens is 208 g/mol. The number of nitrogens with one attached hydrogen (secondary N) is 1. The zero-order valence-corrected chi connectivity index (χ0v) is 9.85. The summed E-state index contributed by atoms with van der Waals surface area (Å²) in [6.45, 7) is 0.943. The number of aliphatic hydroxyl groups is 1. The SMILES string of the molecule is CN(C)[C@@H]1CO[C@H](CNC(=O)C2CC2)[C@H]1O. The highest BCUT2D eigenvalue weighted by atomic mass is 16.5. The van der Waals surface area contributed by atoms with Gasteiger partial charge < -0.3 is 20.1 Å². The molecule has 0 bridgehead atoms. The maximum atomic E-state index is 11.4. The number of aliphatic hydroxyl groups excluding tert-OH is 1. The molecule has 5 nitrogen and oxygen atoms in total. The van der Waals surface area contributed by atoms with Crippen LogP contribution in [0.2, 0.25) is 0 Å². The summed E-state index contributed by atoms with van der Waals surface area (Å²) in [6, 6.07) is 0.0304. The van der Waals surface area contributed by atoms with Crippen LogP contribution >= 0.6 is 0 Å². The van der Waals surface area contributed by atoms with E-state index in [1.807, 2.05) is 19.0 Å². The second-order valence-corrected chi connectivity index (χ2v) is 4.91. The summed E-state index contributed by atoms with van der Waals surface area (Å²) in [5.74, 6) is 0.312. The van der Waals surface area contributed by atoms with Crippen LogP contribution < -0.4 is 5.32 Å². The van der Waals surface area contributed by atoms with Crippen LogP contribution in [0, 0.1) is 5.92 Å². The van der Waals surface area contributed by atoms with Crippen molar-refractivity contribution < 1.29 is 14.6 Å². The Kier molecular flexibility index (Phi) is 3.47. The molecule has 5 heteroatoms. The van der Waals surface area contributed by atoms with Crippen LogP contribution in [-0.4, -0.2) is 61.4 Å². The molecule has 1 aliphatic heterocycles. The summed E-state index contributed by atoms with van der Waals surface area (Å²) in [5, 5.41) is 12.8. The van der Waals surface area contributed by atoms with E-state index in [1.54, 1.807) is 0 Å². The van der Waals surface area contributed by atoms with Crippen molar-refractivity contribution in [1.29, 1.82) is 0 Å². The molecule has 92 valence electrons. The maximum Gasteiger partial charge on any atom is 0.223 e. The average Bonchev–Trinajstić information content (AvgIpc) is 3.00. The van der Waals surface area contributed by atoms with Crippen molar-refractivity contribution in [1.82, 2.24) is 10.2 Å². The molecule has 2 rings (SSSR count). The first-order chi connectivity index (χ1) is 7.59. The lowest BCUT2D eigenvalue weighted by Crippen LogP contribution is -2.44. The number of hydrogen-bond acceptors (Lipinski definition) is 4. The van der Waals surface area contributed by atoms with Gasteiger partial charge >= 0.3 is 0 Å². The van der Waals surface area contributed by atoms with Crippen LogP contribution in [0.25, 0.3) is 0 Å². The van der Waals surface area contributed by atoms with E-state index in [2.05, 4.69) is 5.32 Å². The number of nitrogens with zero attached hydrogens (tertiary/aromatic N) is 1. The van der Waals surface area contributed by atoms with Gasteiger partial charge in [-0.05, 0) is 26.9 Å². The fraction of sp³-hybridized carbons (Fsp3) is 0.909. The molecule has 3 atom stereocenters. The largest absolute Gasteiger partial charge is 0.389 e. The van der Waals surface area contributed by atoms with Crippen molar-refractivity contribution in [2.24, 2.45) is 5.92 Å². The molecule has 0 aromatic carbocycles. The molecule has 2 fully saturated rings. The fourth-order valence-corrected chi connectivity index (χ4v) is 1.99. The van der Waals surface area contributed by atoms with E-state index in [0.717, 1.165) is 12.8 Å². The van der Waals surface area contributed by atoms with E-state index in [0.29, 0.717) is 13.2 Å². The molecule has 1 saturated carbocycles. The van der Waals surface area contributed by atoms with Gasteiger partial charge in [-0.15, -0.1) is 0 Å². The van der Waals surface area contributed by atoms with E-state index in [1.165, 1.54) is 0 Å². The van der Waals surface area contributed by atoms with Crippen molar-refractivity contribution in [3.63, 3.8) is 0 Å². The minimum atomic E-state index is -0.519. The Hall–Kier alpha value is -0.650. The van der Waals surface area contributed by atoms with Gasteiger partial charge in [0.2, 0.25) is 5.91 Å². The number of likely N-dealkylation sites (N-methyl/N-ethyl adjacent to an activating group) is 1. The number of carbonyl (C=O) groups excluding carboxylic acids is 1. The molecule has 1 heterocycles. The summed E-state index contributed by atoms with van der Waals surface area (Å²) in [7, 11) is 3.84. The minimum absolute atomic E-state index is 0.0304. The van der Waals surface area contributed by atoms with Crippen molar-refractivity contribution in [3.05, 3.63) is 0 Å². The van der Waals surface area contributed by atoms with E-state index < -0.39 is 6.10 Å². The molecule has 16 heavy (non-hydrogen) atoms. The van der Waals surface area contributed by atoms with E-state index in [4.69, 9.17) is 4.74 Å². The highest BCUT2D eigenvalue weighted by Crippen LogP contribution is 2.28. The Bertz CT molecular complexity index is 266. The van der Waals surface area contributed by atoms with Crippen LogP contribution in [0.15, 0.2) is 0 Å². The maximum absolute atomic E-state index is 11.4. The van der Waals surface area contributed by atoms with Gasteiger partial charge in [0, 0.05) is 12.5 Å². The van der Waals surface area contributed by atoms with Crippen LogP contribution in [0.1, 0.15) is 12.8 Å². The van der Waals surface area contributed by atoms with Gasteiger partial charge in [0.15, 0.2) is 0 Å². The van der Waals surface area contributed by atoms with Gasteiger partial charge in [0.1, 0.15) is 6.10 Å². The topological polar surface area (TPSA) is 61.8 Å². The molecule has 0 aromatic heterocycles. The Labute approximate surface area is 95.8 Å². The Balaban J connectivity index is 1.76.